The molecule has 2 aromatic heterocycles. The number of hydrogen-bond acceptors (Lipinski definition) is 7. The number of nitrogens with zero attached hydrogens (tertiary/aromatic N) is 6. The van der Waals surface area contributed by atoms with Crippen LogP contribution in [0.3, 0.4) is 0 Å². The lowest BCUT2D eigenvalue weighted by Gasteiger charge is -2.35. The summed E-state index contributed by atoms with van der Waals surface area (Å²) in [5, 5.41) is 3.60. The monoisotopic (exact) mass is 342 g/mol. The first-order chi connectivity index (χ1) is 12.3. The van der Waals surface area contributed by atoms with Crippen LogP contribution in [0.2, 0.25) is 0 Å². The van der Waals surface area contributed by atoms with Crippen molar-refractivity contribution in [1.82, 2.24) is 20.0 Å². The van der Waals surface area contributed by atoms with Crippen molar-refractivity contribution in [1.29, 1.82) is 0 Å². The Morgan fingerprint density at radius 2 is 1.72 bits per heavy atom. The number of anilines is 2. The molecule has 0 radical (unpaired) electrons. The topological polar surface area (TPSA) is 78.6 Å². The Balaban J connectivity index is 1.40. The van der Waals surface area contributed by atoms with Crippen LogP contribution in [-0.2, 0) is 0 Å². The van der Waals surface area contributed by atoms with Gasteiger partial charge in [0, 0.05) is 51.5 Å². The van der Waals surface area contributed by atoms with Gasteiger partial charge in [-0.2, -0.15) is 4.98 Å². The quantitative estimate of drug-likeness (QED) is 0.834. The molecule has 0 atom stereocenters. The summed E-state index contributed by atoms with van der Waals surface area (Å²) in [4.78, 5) is 27.8. The van der Waals surface area contributed by atoms with Crippen molar-refractivity contribution in [2.24, 2.45) is 0 Å². The Bertz CT molecular complexity index is 706. The van der Waals surface area contributed by atoms with Crippen molar-refractivity contribution in [3.63, 3.8) is 0 Å². The van der Waals surface area contributed by atoms with Crippen molar-refractivity contribution < 1.29 is 9.32 Å². The highest BCUT2D eigenvalue weighted by molar-refractivity contribution is 5.91. The molecule has 2 aliphatic rings. The molecule has 0 bridgehead atoms. The number of amides is 1. The maximum Gasteiger partial charge on any atom is 0.292 e. The van der Waals surface area contributed by atoms with Crippen molar-refractivity contribution in [3.05, 3.63) is 30.3 Å². The molecule has 2 saturated heterocycles. The fourth-order valence-electron chi connectivity index (χ4n) is 3.38. The van der Waals surface area contributed by atoms with Crippen LogP contribution in [0.4, 0.5) is 11.8 Å². The lowest BCUT2D eigenvalue weighted by Crippen LogP contribution is -2.49. The van der Waals surface area contributed by atoms with Crippen molar-refractivity contribution >= 4 is 17.7 Å². The van der Waals surface area contributed by atoms with Gasteiger partial charge in [0.05, 0.1) is 6.20 Å². The zero-order valence-corrected chi connectivity index (χ0v) is 14.2. The SMILES string of the molecule is O=C(c1ccno1)N1CCN(c2ccnc(N3CCCCC3)n2)CC1. The molecular weight excluding hydrogens is 320 g/mol. The number of rotatable bonds is 3. The minimum Gasteiger partial charge on any atom is -0.353 e. The minimum absolute atomic E-state index is 0.103. The molecule has 0 saturated carbocycles. The second kappa shape index (κ2) is 7.08. The number of aromatic nitrogens is 3. The Kier molecular flexibility index (Phi) is 4.49. The largest absolute Gasteiger partial charge is 0.353 e. The van der Waals surface area contributed by atoms with Crippen LogP contribution >= 0.6 is 0 Å². The number of carbonyl (C=O) groups excluding carboxylic acids is 1. The van der Waals surface area contributed by atoms with Gasteiger partial charge in [0.2, 0.25) is 11.7 Å². The molecule has 4 heterocycles. The molecule has 2 aromatic rings. The van der Waals surface area contributed by atoms with E-state index in [1.165, 1.54) is 25.5 Å². The molecule has 132 valence electrons. The van der Waals surface area contributed by atoms with Crippen LogP contribution in [0.15, 0.2) is 29.0 Å². The van der Waals surface area contributed by atoms with Gasteiger partial charge in [-0.25, -0.2) is 4.98 Å². The van der Waals surface area contributed by atoms with E-state index >= 15 is 0 Å². The predicted octanol–water partition coefficient (Wildman–Crippen LogP) is 1.42. The summed E-state index contributed by atoms with van der Waals surface area (Å²) in [6.07, 6.45) is 7.02. The Labute approximate surface area is 146 Å². The van der Waals surface area contributed by atoms with Crippen LogP contribution in [-0.4, -0.2) is 65.2 Å². The van der Waals surface area contributed by atoms with Gasteiger partial charge in [-0.3, -0.25) is 4.79 Å². The van der Waals surface area contributed by atoms with E-state index in [1.807, 2.05) is 12.3 Å². The van der Waals surface area contributed by atoms with Crippen LogP contribution in [0.1, 0.15) is 29.8 Å². The molecule has 8 nitrogen and oxygen atoms in total. The van der Waals surface area contributed by atoms with E-state index in [0.717, 1.165) is 37.9 Å². The average molecular weight is 342 g/mol. The molecule has 8 heteroatoms. The van der Waals surface area contributed by atoms with E-state index in [9.17, 15) is 4.79 Å². The molecule has 4 rings (SSSR count). The number of carbonyl (C=O) groups is 1. The molecular formula is C17H22N6O2. The zero-order valence-electron chi connectivity index (χ0n) is 14.2. The maximum absolute atomic E-state index is 12.3. The van der Waals surface area contributed by atoms with Crippen LogP contribution in [0, 0.1) is 0 Å². The van der Waals surface area contributed by atoms with Gasteiger partial charge in [0.25, 0.3) is 5.91 Å². The molecule has 0 N–H and O–H groups in total. The standard InChI is InChI=1S/C17H22N6O2/c24-16(14-4-7-19-25-14)22-12-10-21(11-13-22)15-5-6-18-17(20-15)23-8-2-1-3-9-23/h4-7H,1-3,8-13H2. The van der Waals surface area contributed by atoms with Crippen LogP contribution < -0.4 is 9.80 Å². The van der Waals surface area contributed by atoms with E-state index in [0.29, 0.717) is 18.8 Å². The predicted molar refractivity (Wildman–Crippen MR) is 92.7 cm³/mol. The first kappa shape index (κ1) is 15.9. The Morgan fingerprint density at radius 1 is 0.920 bits per heavy atom. The maximum atomic E-state index is 12.3. The van der Waals surface area contributed by atoms with E-state index in [4.69, 9.17) is 9.51 Å². The third-order valence-corrected chi connectivity index (χ3v) is 4.81. The molecule has 0 aromatic carbocycles. The van der Waals surface area contributed by atoms with E-state index in [2.05, 4.69) is 19.9 Å². The van der Waals surface area contributed by atoms with E-state index in [-0.39, 0.29) is 5.91 Å². The first-order valence-corrected chi connectivity index (χ1v) is 8.84. The third kappa shape index (κ3) is 3.42. The van der Waals surface area contributed by atoms with Gasteiger partial charge in [-0.15, -0.1) is 0 Å². The van der Waals surface area contributed by atoms with Gasteiger partial charge in [-0.1, -0.05) is 5.16 Å². The molecule has 0 spiro atoms. The zero-order chi connectivity index (χ0) is 17.1. The van der Waals surface area contributed by atoms with Gasteiger partial charge in [0.15, 0.2) is 0 Å². The number of hydrogen-bond donors (Lipinski definition) is 0. The lowest BCUT2D eigenvalue weighted by atomic mass is 10.1. The van der Waals surface area contributed by atoms with Gasteiger partial charge in [0.1, 0.15) is 5.82 Å². The van der Waals surface area contributed by atoms with Crippen molar-refractivity contribution in [2.45, 2.75) is 19.3 Å². The second-order valence-electron chi connectivity index (χ2n) is 6.42. The summed E-state index contributed by atoms with van der Waals surface area (Å²) < 4.78 is 4.96. The summed E-state index contributed by atoms with van der Waals surface area (Å²) in [5.74, 6) is 1.94. The van der Waals surface area contributed by atoms with Crippen LogP contribution in [0.5, 0.6) is 0 Å². The highest BCUT2D eigenvalue weighted by Crippen LogP contribution is 2.20. The Hall–Kier alpha value is -2.64. The molecule has 0 unspecified atom stereocenters. The second-order valence-corrected chi connectivity index (χ2v) is 6.42. The minimum atomic E-state index is -0.103. The van der Waals surface area contributed by atoms with Crippen molar-refractivity contribution in [2.75, 3.05) is 49.1 Å². The summed E-state index contributed by atoms with van der Waals surface area (Å²) >= 11 is 0. The van der Waals surface area contributed by atoms with E-state index in [1.54, 1.807) is 11.0 Å². The first-order valence-electron chi connectivity index (χ1n) is 8.84. The van der Waals surface area contributed by atoms with Crippen LogP contribution in [0.25, 0.3) is 0 Å². The normalized spacial score (nSPS) is 18.5. The van der Waals surface area contributed by atoms with Gasteiger partial charge in [-0.05, 0) is 25.3 Å². The van der Waals surface area contributed by atoms with Crippen molar-refractivity contribution in [3.8, 4) is 0 Å². The highest BCUT2D eigenvalue weighted by atomic mass is 16.5. The molecule has 0 aliphatic carbocycles. The molecule has 25 heavy (non-hydrogen) atoms. The summed E-state index contributed by atoms with van der Waals surface area (Å²) in [6.45, 7) is 4.84. The lowest BCUT2D eigenvalue weighted by molar-refractivity contribution is 0.0704. The fraction of sp³-hybridized carbons (Fsp3) is 0.529. The summed E-state index contributed by atoms with van der Waals surface area (Å²) in [6, 6.07) is 3.55. The summed E-state index contributed by atoms with van der Waals surface area (Å²) in [7, 11) is 0. The van der Waals surface area contributed by atoms with Gasteiger partial charge < -0.3 is 19.2 Å². The Morgan fingerprint density at radius 3 is 2.44 bits per heavy atom. The highest BCUT2D eigenvalue weighted by Gasteiger charge is 2.25. The molecule has 2 aliphatic heterocycles. The summed E-state index contributed by atoms with van der Waals surface area (Å²) in [5.41, 5.74) is 0. The molecule has 1 amide bonds. The third-order valence-electron chi connectivity index (χ3n) is 4.81. The molecule has 2 fully saturated rings. The number of piperazine rings is 1. The number of piperidine rings is 1. The van der Waals surface area contributed by atoms with Gasteiger partial charge >= 0.3 is 0 Å². The smallest absolute Gasteiger partial charge is 0.292 e. The average Bonchev–Trinajstić information content (AvgIpc) is 3.23. The van der Waals surface area contributed by atoms with E-state index < -0.39 is 0 Å². The fourth-order valence-corrected chi connectivity index (χ4v) is 3.38.